The van der Waals surface area contributed by atoms with Crippen LogP contribution >= 0.6 is 11.6 Å². The summed E-state index contributed by atoms with van der Waals surface area (Å²) in [5, 5.41) is 13.1. The smallest absolute Gasteiger partial charge is 0.419 e. The first-order valence-corrected chi connectivity index (χ1v) is 14.8. The van der Waals surface area contributed by atoms with Gasteiger partial charge in [-0.3, -0.25) is 4.79 Å². The number of benzene rings is 1. The molecule has 1 saturated carbocycles. The summed E-state index contributed by atoms with van der Waals surface area (Å²) in [6.45, 7) is 4.10. The van der Waals surface area contributed by atoms with Crippen LogP contribution in [0, 0.1) is 5.41 Å². The number of hydrogen-bond donors (Lipinski definition) is 2. The maximum absolute atomic E-state index is 13.7. The van der Waals surface area contributed by atoms with Gasteiger partial charge in [0.15, 0.2) is 11.4 Å². The molecule has 4 heterocycles. The molecule has 3 fully saturated rings. The average molecular weight is 632 g/mol. The van der Waals surface area contributed by atoms with Gasteiger partial charge in [-0.05, 0) is 63.2 Å². The Hall–Kier alpha value is -3.61. The molecule has 6 rings (SSSR count). The number of rotatable bonds is 9. The van der Waals surface area contributed by atoms with Crippen molar-refractivity contribution in [3.63, 3.8) is 0 Å². The van der Waals surface area contributed by atoms with Crippen molar-refractivity contribution in [3.8, 4) is 22.9 Å². The molecule has 3 aliphatic rings. The lowest BCUT2D eigenvalue weighted by Crippen LogP contribution is -2.65. The molecule has 44 heavy (non-hydrogen) atoms. The molecule has 3 aromatic rings. The predicted molar refractivity (Wildman–Crippen MR) is 158 cm³/mol. The molecule has 2 saturated heterocycles. The fourth-order valence-corrected chi connectivity index (χ4v) is 6.79. The van der Waals surface area contributed by atoms with Gasteiger partial charge in [-0.15, -0.1) is 0 Å². The number of carbonyl (C=O) groups is 1. The molecule has 0 bridgehead atoms. The number of carbonyl (C=O) groups excluding carboxylic acids is 1. The van der Waals surface area contributed by atoms with Crippen LogP contribution in [0.15, 0.2) is 48.7 Å². The van der Waals surface area contributed by atoms with Gasteiger partial charge in [-0.25, -0.2) is 9.97 Å². The molecule has 1 aromatic carbocycles. The van der Waals surface area contributed by atoms with Crippen LogP contribution in [0.2, 0.25) is 5.02 Å². The third kappa shape index (κ3) is 5.90. The lowest BCUT2D eigenvalue weighted by atomic mass is 9.61. The number of hydrogen-bond acceptors (Lipinski definition) is 8. The van der Waals surface area contributed by atoms with Crippen LogP contribution in [0.3, 0.4) is 0 Å². The molecule has 1 amide bonds. The number of aliphatic hydroxyl groups is 1. The number of alkyl halides is 3. The van der Waals surface area contributed by atoms with E-state index in [-0.39, 0.29) is 40.2 Å². The number of likely N-dealkylation sites (N-methyl/N-ethyl adjacent to an activating group) is 1. The molecule has 0 radical (unpaired) electrons. The number of aromatic nitrogens is 2. The summed E-state index contributed by atoms with van der Waals surface area (Å²) >= 11 is 5.92. The minimum atomic E-state index is -4.55. The summed E-state index contributed by atoms with van der Waals surface area (Å²) in [6.07, 6.45) is -1.93. The van der Waals surface area contributed by atoms with Crippen LogP contribution in [0.4, 0.5) is 18.9 Å². The van der Waals surface area contributed by atoms with Gasteiger partial charge >= 0.3 is 6.18 Å². The van der Waals surface area contributed by atoms with Gasteiger partial charge in [0.1, 0.15) is 11.7 Å². The second-order valence-corrected chi connectivity index (χ2v) is 12.5. The van der Waals surface area contributed by atoms with E-state index in [4.69, 9.17) is 21.1 Å². The van der Waals surface area contributed by atoms with E-state index in [2.05, 4.69) is 15.3 Å². The van der Waals surface area contributed by atoms with Gasteiger partial charge in [-0.1, -0.05) is 17.7 Å². The molecular formula is C31H33ClF3N5O4. The fraction of sp³-hybridized carbons (Fsp3) is 0.452. The zero-order valence-corrected chi connectivity index (χ0v) is 25.1. The Kier molecular flexibility index (Phi) is 7.87. The van der Waals surface area contributed by atoms with Crippen molar-refractivity contribution in [3.05, 3.63) is 64.9 Å². The third-order valence-electron chi connectivity index (χ3n) is 8.39. The number of nitrogens with zero attached hydrogens (tertiary/aromatic N) is 4. The number of anilines is 1. The highest BCUT2D eigenvalue weighted by Crippen LogP contribution is 2.53. The molecule has 0 atom stereocenters. The van der Waals surface area contributed by atoms with E-state index in [0.29, 0.717) is 62.8 Å². The van der Waals surface area contributed by atoms with E-state index in [1.54, 1.807) is 35.4 Å². The van der Waals surface area contributed by atoms with Gasteiger partial charge in [0.25, 0.3) is 5.91 Å². The van der Waals surface area contributed by atoms with Crippen molar-refractivity contribution in [1.82, 2.24) is 20.2 Å². The van der Waals surface area contributed by atoms with Gasteiger partial charge in [0.2, 0.25) is 5.88 Å². The summed E-state index contributed by atoms with van der Waals surface area (Å²) in [6, 6.07) is 11.2. The van der Waals surface area contributed by atoms with Crippen LogP contribution in [0.5, 0.6) is 11.6 Å². The van der Waals surface area contributed by atoms with E-state index in [0.717, 1.165) is 0 Å². The number of amides is 1. The largest absolute Gasteiger partial charge is 0.488 e. The Morgan fingerprint density at radius 1 is 1.14 bits per heavy atom. The van der Waals surface area contributed by atoms with Crippen molar-refractivity contribution < 1.29 is 32.5 Å². The number of ether oxygens (including phenoxy) is 2. The zero-order chi connectivity index (χ0) is 31.3. The first-order chi connectivity index (χ1) is 20.9. The van der Waals surface area contributed by atoms with E-state index in [9.17, 15) is 23.1 Å². The van der Waals surface area contributed by atoms with Gasteiger partial charge in [-0.2, -0.15) is 13.2 Å². The van der Waals surface area contributed by atoms with Gasteiger partial charge in [0, 0.05) is 44.3 Å². The Labute approximate surface area is 257 Å². The number of likely N-dealkylation sites (tertiary alicyclic amines) is 1. The maximum Gasteiger partial charge on any atom is 0.419 e. The minimum Gasteiger partial charge on any atom is -0.488 e. The van der Waals surface area contributed by atoms with Crippen molar-refractivity contribution in [2.75, 3.05) is 51.3 Å². The molecular weight excluding hydrogens is 599 g/mol. The monoisotopic (exact) mass is 631 g/mol. The molecule has 1 aliphatic carbocycles. The summed E-state index contributed by atoms with van der Waals surface area (Å²) in [5.41, 5.74) is -0.763. The fourth-order valence-electron chi connectivity index (χ4n) is 6.51. The molecule has 13 heteroatoms. The molecule has 234 valence electrons. The second-order valence-electron chi connectivity index (χ2n) is 12.0. The Balaban J connectivity index is 1.17. The Morgan fingerprint density at radius 2 is 1.89 bits per heavy atom. The van der Waals surface area contributed by atoms with E-state index < -0.39 is 23.2 Å². The maximum atomic E-state index is 13.7. The number of nitrogens with one attached hydrogen (secondary N) is 1. The highest BCUT2D eigenvalue weighted by atomic mass is 35.5. The van der Waals surface area contributed by atoms with Crippen LogP contribution in [-0.4, -0.2) is 84.0 Å². The molecule has 2 aromatic heterocycles. The number of β-amino-alcohol motifs (C(OH)–C–C–N with tert-alkyl or cyclic N) is 1. The van der Waals surface area contributed by atoms with Crippen molar-refractivity contribution >= 4 is 23.2 Å². The topological polar surface area (TPSA) is 100 Å². The molecule has 9 nitrogen and oxygen atoms in total. The molecule has 2 N–H and O–H groups in total. The van der Waals surface area contributed by atoms with E-state index >= 15 is 0 Å². The molecule has 0 unspecified atom stereocenters. The quantitative estimate of drug-likeness (QED) is 0.352. The summed E-state index contributed by atoms with van der Waals surface area (Å²) in [7, 11) is 1.88. The van der Waals surface area contributed by atoms with Crippen LogP contribution in [0.1, 0.15) is 35.8 Å². The van der Waals surface area contributed by atoms with E-state index in [1.165, 1.54) is 18.2 Å². The standard InChI is InChI=1S/C31H33ClF3N5O4/c1-3-43-28-20(6-5-11-36-28)22-9-10-24(26(38-22)27(41)37-14-30(42)17-39(2)18-30)44-19-12-29(13-19)15-40(16-29)23-8-4-7-21(32)25(23)31(33,34)35/h4-11,19,42H,3,12-18H2,1-2H3,(H,37,41). The summed E-state index contributed by atoms with van der Waals surface area (Å²) in [4.78, 5) is 26.0. The van der Waals surface area contributed by atoms with E-state index in [1.807, 2.05) is 18.9 Å². The summed E-state index contributed by atoms with van der Waals surface area (Å²) < 4.78 is 53.0. The highest BCUT2D eigenvalue weighted by molar-refractivity contribution is 6.31. The second kappa shape index (κ2) is 11.4. The van der Waals surface area contributed by atoms with Crippen LogP contribution in [-0.2, 0) is 6.18 Å². The van der Waals surface area contributed by atoms with Crippen molar-refractivity contribution in [1.29, 1.82) is 0 Å². The van der Waals surface area contributed by atoms with Crippen LogP contribution < -0.4 is 19.7 Å². The molecule has 2 aliphatic heterocycles. The van der Waals surface area contributed by atoms with Crippen LogP contribution in [0.25, 0.3) is 11.3 Å². The predicted octanol–water partition coefficient (Wildman–Crippen LogP) is 4.67. The average Bonchev–Trinajstić information content (AvgIpc) is 2.91. The van der Waals surface area contributed by atoms with Crippen molar-refractivity contribution in [2.24, 2.45) is 5.41 Å². The SMILES string of the molecule is CCOc1ncccc1-c1ccc(OC2CC3(C2)CN(c2cccc(Cl)c2C(F)(F)F)C3)c(C(=O)NCC2(O)CN(C)C2)n1. The highest BCUT2D eigenvalue weighted by Gasteiger charge is 2.55. The van der Waals surface area contributed by atoms with Gasteiger partial charge < -0.3 is 29.7 Å². The van der Waals surface area contributed by atoms with Gasteiger partial charge in [0.05, 0.1) is 34.1 Å². The lowest BCUT2D eigenvalue weighted by Gasteiger charge is -2.59. The zero-order valence-electron chi connectivity index (χ0n) is 24.3. The number of halogens is 4. The lowest BCUT2D eigenvalue weighted by molar-refractivity contribution is -0.137. The Morgan fingerprint density at radius 3 is 2.57 bits per heavy atom. The molecule has 1 spiro atoms. The summed E-state index contributed by atoms with van der Waals surface area (Å²) in [5.74, 6) is 0.186. The Bertz CT molecular complexity index is 1550. The third-order valence-corrected chi connectivity index (χ3v) is 8.71. The van der Waals surface area contributed by atoms with Crippen molar-refractivity contribution in [2.45, 2.75) is 37.6 Å². The normalized spacial score (nSPS) is 19.1. The number of pyridine rings is 2. The first kappa shape index (κ1) is 30.4. The minimum absolute atomic E-state index is 0.0599. The first-order valence-electron chi connectivity index (χ1n) is 14.4.